The van der Waals surface area contributed by atoms with Gasteiger partial charge < -0.3 is 5.32 Å². The smallest absolute Gasteiger partial charge is 0.250 e. The fraction of sp³-hybridized carbons (Fsp3) is 0.467. The van der Waals surface area contributed by atoms with Crippen molar-refractivity contribution in [2.24, 2.45) is 5.92 Å². The van der Waals surface area contributed by atoms with E-state index < -0.39 is 12.1 Å². The molecule has 2 atom stereocenters. The van der Waals surface area contributed by atoms with Gasteiger partial charge in [-0.3, -0.25) is 14.5 Å². The van der Waals surface area contributed by atoms with Crippen molar-refractivity contribution in [1.82, 2.24) is 5.32 Å². The van der Waals surface area contributed by atoms with E-state index in [0.29, 0.717) is 22.2 Å². The van der Waals surface area contributed by atoms with Gasteiger partial charge >= 0.3 is 0 Å². The van der Waals surface area contributed by atoms with Crippen LogP contribution < -0.4 is 10.2 Å². The summed E-state index contributed by atoms with van der Waals surface area (Å²) in [7, 11) is 0. The van der Waals surface area contributed by atoms with Gasteiger partial charge in [-0.1, -0.05) is 44.0 Å². The van der Waals surface area contributed by atoms with Crippen molar-refractivity contribution in [2.45, 2.75) is 39.3 Å². The van der Waals surface area contributed by atoms with Crippen molar-refractivity contribution in [3.05, 3.63) is 28.2 Å². The number of carbonyl (C=O) groups is 2. The molecule has 0 saturated carbocycles. The maximum Gasteiger partial charge on any atom is 0.250 e. The fourth-order valence-electron chi connectivity index (χ4n) is 2.49. The molecule has 114 valence electrons. The van der Waals surface area contributed by atoms with Gasteiger partial charge in [0.15, 0.2) is 0 Å². The van der Waals surface area contributed by atoms with Crippen LogP contribution in [-0.4, -0.2) is 23.9 Å². The number of hydrogen-bond donors (Lipinski definition) is 1. The Balaban J connectivity index is 2.46. The molecule has 2 unspecified atom stereocenters. The van der Waals surface area contributed by atoms with E-state index in [9.17, 15) is 9.59 Å². The first kappa shape index (κ1) is 16.1. The molecule has 0 radical (unpaired) electrons. The van der Waals surface area contributed by atoms with E-state index in [1.54, 1.807) is 18.2 Å². The Morgan fingerprint density at radius 2 is 1.90 bits per heavy atom. The molecule has 2 rings (SSSR count). The Bertz CT molecular complexity index is 575. The van der Waals surface area contributed by atoms with Crippen LogP contribution in [0.4, 0.5) is 5.69 Å². The van der Waals surface area contributed by atoms with E-state index in [-0.39, 0.29) is 17.7 Å². The number of benzene rings is 1. The van der Waals surface area contributed by atoms with Gasteiger partial charge in [0.2, 0.25) is 5.91 Å². The van der Waals surface area contributed by atoms with Crippen molar-refractivity contribution in [3.63, 3.8) is 0 Å². The number of halogens is 2. The molecule has 0 spiro atoms. The highest BCUT2D eigenvalue weighted by molar-refractivity contribution is 6.42. The molecule has 1 heterocycles. The summed E-state index contributed by atoms with van der Waals surface area (Å²) in [6.45, 7) is 5.68. The molecule has 1 fully saturated rings. The second-order valence-electron chi connectivity index (χ2n) is 5.46. The van der Waals surface area contributed by atoms with Crippen LogP contribution in [0.2, 0.25) is 10.0 Å². The summed E-state index contributed by atoms with van der Waals surface area (Å²) in [5.74, 6) is -0.235. The second-order valence-corrected chi connectivity index (χ2v) is 6.28. The topological polar surface area (TPSA) is 49.4 Å². The molecular weight excluding hydrogens is 311 g/mol. The van der Waals surface area contributed by atoms with Crippen molar-refractivity contribution < 1.29 is 9.59 Å². The summed E-state index contributed by atoms with van der Waals surface area (Å²) in [5, 5.41) is 3.59. The highest BCUT2D eigenvalue weighted by atomic mass is 35.5. The average molecular weight is 329 g/mol. The summed E-state index contributed by atoms with van der Waals surface area (Å²) in [6.07, 6.45) is 0.530. The van der Waals surface area contributed by atoms with Crippen LogP contribution in [0.15, 0.2) is 18.2 Å². The first-order chi connectivity index (χ1) is 9.86. The number of hydrogen-bond acceptors (Lipinski definition) is 2. The fourth-order valence-corrected chi connectivity index (χ4v) is 2.79. The maximum absolute atomic E-state index is 12.7. The van der Waals surface area contributed by atoms with Gasteiger partial charge in [0, 0.05) is 5.69 Å². The first-order valence-corrected chi connectivity index (χ1v) is 7.71. The monoisotopic (exact) mass is 328 g/mol. The van der Waals surface area contributed by atoms with Crippen molar-refractivity contribution in [2.75, 3.05) is 4.90 Å². The van der Waals surface area contributed by atoms with Gasteiger partial charge in [-0.25, -0.2) is 0 Å². The number of anilines is 1. The molecule has 1 aromatic rings. The number of carbonyl (C=O) groups excluding carboxylic acids is 2. The number of nitrogens with zero attached hydrogens (tertiary/aromatic N) is 1. The zero-order valence-electron chi connectivity index (χ0n) is 12.2. The van der Waals surface area contributed by atoms with Gasteiger partial charge in [0.05, 0.1) is 10.0 Å². The van der Waals surface area contributed by atoms with Gasteiger partial charge in [-0.2, -0.15) is 0 Å². The standard InChI is InChI=1S/C15H18Cl2N2O2/c1-4-12-14(20)18-13(8(2)3)15(21)19(12)9-5-6-10(16)11(17)7-9/h5-8,12-13H,4H2,1-3H3,(H,18,20). The van der Waals surface area contributed by atoms with Crippen LogP contribution in [0.25, 0.3) is 0 Å². The van der Waals surface area contributed by atoms with Crippen molar-refractivity contribution in [1.29, 1.82) is 0 Å². The zero-order valence-corrected chi connectivity index (χ0v) is 13.7. The van der Waals surface area contributed by atoms with Gasteiger partial charge in [0.25, 0.3) is 5.91 Å². The highest BCUT2D eigenvalue weighted by Crippen LogP contribution is 2.31. The molecule has 21 heavy (non-hydrogen) atoms. The molecule has 1 N–H and O–H groups in total. The molecule has 1 aromatic carbocycles. The third-order valence-corrected chi connectivity index (χ3v) is 4.39. The Morgan fingerprint density at radius 1 is 1.24 bits per heavy atom. The lowest BCUT2D eigenvalue weighted by atomic mass is 9.96. The molecule has 0 aromatic heterocycles. The predicted molar refractivity (Wildman–Crippen MR) is 84.8 cm³/mol. The number of rotatable bonds is 3. The van der Waals surface area contributed by atoms with Crippen molar-refractivity contribution in [3.8, 4) is 0 Å². The van der Waals surface area contributed by atoms with Crippen LogP contribution in [0.1, 0.15) is 27.2 Å². The van der Waals surface area contributed by atoms with Crippen LogP contribution in [0.3, 0.4) is 0 Å². The number of nitrogens with one attached hydrogen (secondary N) is 1. The third kappa shape index (κ3) is 3.01. The van der Waals surface area contributed by atoms with Gasteiger partial charge in [-0.05, 0) is 30.5 Å². The third-order valence-electron chi connectivity index (χ3n) is 3.65. The van der Waals surface area contributed by atoms with E-state index in [1.807, 2.05) is 20.8 Å². The average Bonchev–Trinajstić information content (AvgIpc) is 2.43. The molecule has 0 bridgehead atoms. The Kier molecular flexibility index (Phi) is 4.79. The summed E-state index contributed by atoms with van der Waals surface area (Å²) in [6, 6.07) is 3.93. The quantitative estimate of drug-likeness (QED) is 0.925. The van der Waals surface area contributed by atoms with E-state index >= 15 is 0 Å². The van der Waals surface area contributed by atoms with E-state index in [1.165, 1.54) is 4.90 Å². The molecule has 2 amide bonds. The van der Waals surface area contributed by atoms with E-state index in [2.05, 4.69) is 5.32 Å². The lowest BCUT2D eigenvalue weighted by Gasteiger charge is -2.40. The lowest BCUT2D eigenvalue weighted by Crippen LogP contribution is -2.64. The Labute approximate surface area is 134 Å². The van der Waals surface area contributed by atoms with Crippen LogP contribution >= 0.6 is 23.2 Å². The first-order valence-electron chi connectivity index (χ1n) is 6.95. The SMILES string of the molecule is CCC1C(=O)NC(C(C)C)C(=O)N1c1ccc(Cl)c(Cl)c1. The minimum Gasteiger partial charge on any atom is -0.342 e. The van der Waals surface area contributed by atoms with Crippen LogP contribution in [0.5, 0.6) is 0 Å². The molecule has 6 heteroatoms. The summed E-state index contributed by atoms with van der Waals surface area (Å²) >= 11 is 12.0. The van der Waals surface area contributed by atoms with Crippen LogP contribution in [0, 0.1) is 5.92 Å². The zero-order chi connectivity index (χ0) is 15.7. The highest BCUT2D eigenvalue weighted by Gasteiger charge is 2.41. The minimum absolute atomic E-state index is 0.0181. The molecular formula is C15H18Cl2N2O2. The largest absolute Gasteiger partial charge is 0.342 e. The predicted octanol–water partition coefficient (Wildman–Crippen LogP) is 3.26. The molecule has 1 aliphatic rings. The Hall–Kier alpha value is -1.26. The van der Waals surface area contributed by atoms with Crippen molar-refractivity contribution >= 4 is 40.7 Å². The van der Waals surface area contributed by atoms with Gasteiger partial charge in [-0.15, -0.1) is 0 Å². The molecule has 0 aliphatic carbocycles. The van der Waals surface area contributed by atoms with Crippen LogP contribution in [-0.2, 0) is 9.59 Å². The molecule has 1 aliphatic heterocycles. The number of amides is 2. The molecule has 1 saturated heterocycles. The summed E-state index contributed by atoms with van der Waals surface area (Å²) in [5.41, 5.74) is 0.599. The lowest BCUT2D eigenvalue weighted by molar-refractivity contribution is -0.134. The minimum atomic E-state index is -0.523. The van der Waals surface area contributed by atoms with Gasteiger partial charge in [0.1, 0.15) is 12.1 Å². The van der Waals surface area contributed by atoms with E-state index in [4.69, 9.17) is 23.2 Å². The summed E-state index contributed by atoms with van der Waals surface area (Å²) < 4.78 is 0. The number of piperazine rings is 1. The normalized spacial score (nSPS) is 22.7. The van der Waals surface area contributed by atoms with E-state index in [0.717, 1.165) is 0 Å². The maximum atomic E-state index is 12.7. The molecule has 4 nitrogen and oxygen atoms in total. The summed E-state index contributed by atoms with van der Waals surface area (Å²) in [4.78, 5) is 26.5. The second kappa shape index (κ2) is 6.24. The Morgan fingerprint density at radius 3 is 2.43 bits per heavy atom.